The second-order valence-corrected chi connectivity index (χ2v) is 7.24. The summed E-state index contributed by atoms with van der Waals surface area (Å²) in [5.74, 6) is 4.47. The van der Waals surface area contributed by atoms with Gasteiger partial charge in [-0.15, -0.1) is 0 Å². The summed E-state index contributed by atoms with van der Waals surface area (Å²) >= 11 is 10.0. The molecule has 0 radical (unpaired) electrons. The van der Waals surface area contributed by atoms with Crippen molar-refractivity contribution in [2.24, 2.45) is 5.73 Å². The minimum atomic E-state index is 0.162. The van der Waals surface area contributed by atoms with Crippen LogP contribution in [0.5, 0.6) is 5.75 Å². The molecule has 2 rings (SSSR count). The van der Waals surface area contributed by atoms with Crippen molar-refractivity contribution in [3.63, 3.8) is 0 Å². The van der Waals surface area contributed by atoms with Crippen LogP contribution in [0.2, 0.25) is 5.02 Å². The highest BCUT2D eigenvalue weighted by Gasteiger charge is 2.22. The van der Waals surface area contributed by atoms with Gasteiger partial charge >= 0.3 is 0 Å². The summed E-state index contributed by atoms with van der Waals surface area (Å²) in [7, 11) is 1.68. The quantitative estimate of drug-likeness (QED) is 0.927. The average molecular weight is 304 g/mol. The van der Waals surface area contributed by atoms with Crippen LogP contribution in [-0.4, -0.2) is 35.7 Å². The van der Waals surface area contributed by atoms with Gasteiger partial charge in [0.1, 0.15) is 5.75 Å². The molecule has 2 atom stereocenters. The Kier molecular flexibility index (Phi) is 5.55. The maximum absolute atomic E-state index is 6.32. The molecule has 18 heavy (non-hydrogen) atoms. The normalized spacial score (nSPS) is 21.6. The Labute approximate surface area is 122 Å². The first-order valence-electron chi connectivity index (χ1n) is 5.98. The van der Waals surface area contributed by atoms with E-state index in [1.54, 1.807) is 7.11 Å². The van der Waals surface area contributed by atoms with Gasteiger partial charge in [0.15, 0.2) is 0 Å². The molecule has 1 aliphatic rings. The lowest BCUT2D eigenvalue weighted by atomic mass is 10.0. The minimum absolute atomic E-state index is 0.162. The molecule has 1 heterocycles. The van der Waals surface area contributed by atoms with Crippen LogP contribution < -0.4 is 10.5 Å². The molecule has 1 saturated heterocycles. The summed E-state index contributed by atoms with van der Waals surface area (Å²) < 4.78 is 5.36. The van der Waals surface area contributed by atoms with Gasteiger partial charge in [0.25, 0.3) is 0 Å². The molecule has 100 valence electrons. The molecule has 0 amide bonds. The molecule has 2 N–H and O–H groups in total. The van der Waals surface area contributed by atoms with Crippen LogP contribution in [0.15, 0.2) is 18.2 Å². The zero-order valence-electron chi connectivity index (χ0n) is 10.4. The number of ether oxygens (including phenoxy) is 1. The smallest absolute Gasteiger partial charge is 0.122 e. The molecule has 0 aliphatic carbocycles. The van der Waals surface area contributed by atoms with Gasteiger partial charge in [0, 0.05) is 33.6 Å². The van der Waals surface area contributed by atoms with E-state index >= 15 is 0 Å². The number of hydrogen-bond acceptors (Lipinski definition) is 4. The van der Waals surface area contributed by atoms with Crippen molar-refractivity contribution >= 4 is 35.1 Å². The van der Waals surface area contributed by atoms with E-state index in [9.17, 15) is 0 Å². The second kappa shape index (κ2) is 6.94. The first-order valence-corrected chi connectivity index (χ1v) is 8.56. The van der Waals surface area contributed by atoms with Gasteiger partial charge in [0.05, 0.1) is 7.11 Å². The molecule has 1 fully saturated rings. The molecule has 0 aromatic heterocycles. The predicted octanol–water partition coefficient (Wildman–Crippen LogP) is 3.07. The number of hydrogen-bond donors (Lipinski definition) is 1. The van der Waals surface area contributed by atoms with Crippen LogP contribution in [0.4, 0.5) is 0 Å². The predicted molar refractivity (Wildman–Crippen MR) is 83.3 cm³/mol. The average Bonchev–Trinajstić information content (AvgIpc) is 2.40. The Hall–Kier alpha value is -0.0300. The van der Waals surface area contributed by atoms with Crippen molar-refractivity contribution in [2.75, 3.05) is 24.4 Å². The van der Waals surface area contributed by atoms with E-state index in [2.05, 4.69) is 0 Å². The highest BCUT2D eigenvalue weighted by atomic mass is 35.5. The summed E-state index contributed by atoms with van der Waals surface area (Å²) in [6.45, 7) is 0. The van der Waals surface area contributed by atoms with Crippen LogP contribution in [-0.2, 0) is 6.42 Å². The summed E-state index contributed by atoms with van der Waals surface area (Å²) in [4.78, 5) is 0. The van der Waals surface area contributed by atoms with E-state index in [1.807, 2.05) is 41.7 Å². The van der Waals surface area contributed by atoms with Crippen LogP contribution >= 0.6 is 35.1 Å². The van der Waals surface area contributed by atoms with Crippen LogP contribution in [0.1, 0.15) is 5.56 Å². The van der Waals surface area contributed by atoms with Crippen molar-refractivity contribution in [2.45, 2.75) is 17.7 Å². The summed E-state index contributed by atoms with van der Waals surface area (Å²) in [5.41, 5.74) is 7.43. The fourth-order valence-electron chi connectivity index (χ4n) is 2.05. The number of benzene rings is 1. The Morgan fingerprint density at radius 1 is 1.50 bits per heavy atom. The molecule has 0 bridgehead atoms. The maximum atomic E-state index is 6.32. The van der Waals surface area contributed by atoms with Crippen molar-refractivity contribution in [3.05, 3.63) is 28.8 Å². The highest BCUT2D eigenvalue weighted by Crippen LogP contribution is 2.29. The number of nitrogens with two attached hydrogens (primary N) is 1. The number of halogens is 1. The molecular weight excluding hydrogens is 286 g/mol. The van der Waals surface area contributed by atoms with Crippen molar-refractivity contribution in [1.29, 1.82) is 0 Å². The second-order valence-electron chi connectivity index (χ2n) is 4.31. The van der Waals surface area contributed by atoms with E-state index in [1.165, 1.54) is 11.5 Å². The van der Waals surface area contributed by atoms with E-state index in [-0.39, 0.29) is 6.04 Å². The fourth-order valence-corrected chi connectivity index (χ4v) is 5.06. The third kappa shape index (κ3) is 3.73. The van der Waals surface area contributed by atoms with Crippen LogP contribution in [0.3, 0.4) is 0 Å². The lowest BCUT2D eigenvalue weighted by Crippen LogP contribution is -2.38. The molecular formula is C13H18ClNOS2. The molecule has 2 unspecified atom stereocenters. The van der Waals surface area contributed by atoms with Crippen LogP contribution in [0, 0.1) is 0 Å². The van der Waals surface area contributed by atoms with Gasteiger partial charge in [-0.25, -0.2) is 0 Å². The lowest BCUT2D eigenvalue weighted by molar-refractivity contribution is 0.408. The molecule has 0 spiro atoms. The van der Waals surface area contributed by atoms with Gasteiger partial charge in [-0.2, -0.15) is 23.5 Å². The van der Waals surface area contributed by atoms with E-state index in [0.717, 1.165) is 28.5 Å². The van der Waals surface area contributed by atoms with E-state index in [4.69, 9.17) is 22.1 Å². The molecule has 1 aromatic carbocycles. The van der Waals surface area contributed by atoms with Crippen molar-refractivity contribution < 1.29 is 4.74 Å². The van der Waals surface area contributed by atoms with E-state index < -0.39 is 0 Å². The third-order valence-corrected chi connectivity index (χ3v) is 6.19. The summed E-state index contributed by atoms with van der Waals surface area (Å²) in [6.07, 6.45) is 0.821. The fraction of sp³-hybridized carbons (Fsp3) is 0.538. The minimum Gasteiger partial charge on any atom is -0.496 e. The SMILES string of the molecule is COc1ccc(Cl)cc1CC(N)C1CSCCS1. The van der Waals surface area contributed by atoms with Crippen LogP contribution in [0.25, 0.3) is 0 Å². The first-order chi connectivity index (χ1) is 8.70. The number of rotatable bonds is 4. The Morgan fingerprint density at radius 3 is 3.00 bits per heavy atom. The van der Waals surface area contributed by atoms with Gasteiger partial charge in [0.2, 0.25) is 0 Å². The summed E-state index contributed by atoms with van der Waals surface area (Å²) in [5, 5.41) is 1.27. The Balaban J connectivity index is 2.05. The first kappa shape index (κ1) is 14.4. The maximum Gasteiger partial charge on any atom is 0.122 e. The molecule has 5 heteroatoms. The summed E-state index contributed by atoms with van der Waals surface area (Å²) in [6, 6.07) is 5.88. The number of thioether (sulfide) groups is 2. The molecule has 1 aromatic rings. The molecule has 1 aliphatic heterocycles. The zero-order chi connectivity index (χ0) is 13.0. The zero-order valence-corrected chi connectivity index (χ0v) is 12.8. The van der Waals surface area contributed by atoms with Gasteiger partial charge in [-0.1, -0.05) is 11.6 Å². The molecule has 2 nitrogen and oxygen atoms in total. The monoisotopic (exact) mass is 303 g/mol. The lowest BCUT2D eigenvalue weighted by Gasteiger charge is -2.27. The van der Waals surface area contributed by atoms with Gasteiger partial charge in [-0.3, -0.25) is 0 Å². The Bertz CT molecular complexity index is 397. The van der Waals surface area contributed by atoms with E-state index in [0.29, 0.717) is 5.25 Å². The third-order valence-electron chi connectivity index (χ3n) is 3.02. The highest BCUT2D eigenvalue weighted by molar-refractivity contribution is 8.06. The van der Waals surface area contributed by atoms with Gasteiger partial charge in [-0.05, 0) is 30.2 Å². The van der Waals surface area contributed by atoms with Gasteiger partial charge < -0.3 is 10.5 Å². The standard InChI is InChI=1S/C13H18ClNOS2/c1-16-12-3-2-10(14)6-9(12)7-11(15)13-8-17-4-5-18-13/h2-3,6,11,13H,4-5,7-8,15H2,1H3. The number of methoxy groups -OCH3 is 1. The molecule has 0 saturated carbocycles. The topological polar surface area (TPSA) is 35.2 Å². The largest absolute Gasteiger partial charge is 0.496 e. The Morgan fingerprint density at radius 2 is 2.33 bits per heavy atom. The van der Waals surface area contributed by atoms with Crippen molar-refractivity contribution in [1.82, 2.24) is 0 Å². The van der Waals surface area contributed by atoms with Crippen molar-refractivity contribution in [3.8, 4) is 5.75 Å².